The maximum atomic E-state index is 12.1. The third-order valence-electron chi connectivity index (χ3n) is 3.39. The van der Waals surface area contributed by atoms with Crippen LogP contribution in [0.15, 0.2) is 22.9 Å². The molecule has 2 rings (SSSR count). The van der Waals surface area contributed by atoms with Crippen molar-refractivity contribution in [3.05, 3.63) is 43.8 Å². The van der Waals surface area contributed by atoms with Gasteiger partial charge in [0.2, 0.25) is 5.91 Å². The van der Waals surface area contributed by atoms with Gasteiger partial charge in [0.1, 0.15) is 0 Å². The molecule has 0 bridgehead atoms. The number of aryl methyl sites for hydroxylation is 2. The van der Waals surface area contributed by atoms with Crippen LogP contribution in [0.2, 0.25) is 0 Å². The average Bonchev–Trinajstić information content (AvgIpc) is 3.13. The standard InChI is InChI=1S/C16H20N2O2S2/c1-4-13-11(2)7-14(22-13)16(20)17-8-15(19)18(3)9-12-5-6-21-10-12/h5-7,10H,4,8-9H2,1-3H3,(H,17,20). The molecular formula is C16H20N2O2S2. The van der Waals surface area contributed by atoms with Crippen LogP contribution >= 0.6 is 22.7 Å². The number of hydrogen-bond donors (Lipinski definition) is 1. The number of nitrogens with one attached hydrogen (secondary N) is 1. The first-order valence-corrected chi connectivity index (χ1v) is 8.89. The van der Waals surface area contributed by atoms with Crippen LogP contribution in [0, 0.1) is 6.92 Å². The molecule has 2 aromatic rings. The lowest BCUT2D eigenvalue weighted by atomic mass is 10.2. The van der Waals surface area contributed by atoms with Crippen molar-refractivity contribution in [1.82, 2.24) is 10.2 Å². The van der Waals surface area contributed by atoms with Gasteiger partial charge in [0.05, 0.1) is 11.4 Å². The highest BCUT2D eigenvalue weighted by Crippen LogP contribution is 2.22. The molecule has 0 unspecified atom stereocenters. The summed E-state index contributed by atoms with van der Waals surface area (Å²) in [7, 11) is 1.75. The van der Waals surface area contributed by atoms with Gasteiger partial charge in [-0.3, -0.25) is 9.59 Å². The van der Waals surface area contributed by atoms with Crippen LogP contribution in [-0.2, 0) is 17.8 Å². The first kappa shape index (κ1) is 16.7. The molecule has 2 aromatic heterocycles. The summed E-state index contributed by atoms with van der Waals surface area (Å²) in [6, 6.07) is 3.88. The van der Waals surface area contributed by atoms with Gasteiger partial charge < -0.3 is 10.2 Å². The molecular weight excluding hydrogens is 316 g/mol. The fourth-order valence-electron chi connectivity index (χ4n) is 2.11. The van der Waals surface area contributed by atoms with E-state index in [1.54, 1.807) is 23.3 Å². The fourth-order valence-corrected chi connectivity index (χ4v) is 3.80. The van der Waals surface area contributed by atoms with E-state index >= 15 is 0 Å². The van der Waals surface area contributed by atoms with Gasteiger partial charge in [-0.05, 0) is 47.4 Å². The van der Waals surface area contributed by atoms with Crippen LogP contribution in [-0.4, -0.2) is 30.3 Å². The zero-order valence-electron chi connectivity index (χ0n) is 13.0. The second kappa shape index (κ2) is 7.56. The Kier molecular flexibility index (Phi) is 5.74. The molecule has 0 aliphatic rings. The van der Waals surface area contributed by atoms with Gasteiger partial charge in [-0.1, -0.05) is 6.92 Å². The van der Waals surface area contributed by atoms with Gasteiger partial charge in [-0.15, -0.1) is 11.3 Å². The largest absolute Gasteiger partial charge is 0.342 e. The number of carbonyl (C=O) groups is 2. The van der Waals surface area contributed by atoms with E-state index in [1.165, 1.54) is 16.2 Å². The van der Waals surface area contributed by atoms with E-state index in [4.69, 9.17) is 0 Å². The molecule has 2 heterocycles. The number of carbonyl (C=O) groups excluding carboxylic acids is 2. The zero-order chi connectivity index (χ0) is 16.1. The molecule has 0 aliphatic carbocycles. The lowest BCUT2D eigenvalue weighted by molar-refractivity contribution is -0.129. The Labute approximate surface area is 138 Å². The molecule has 0 fully saturated rings. The predicted octanol–water partition coefficient (Wildman–Crippen LogP) is 3.07. The van der Waals surface area contributed by atoms with Crippen molar-refractivity contribution in [3.8, 4) is 0 Å². The van der Waals surface area contributed by atoms with E-state index in [2.05, 4.69) is 12.2 Å². The van der Waals surface area contributed by atoms with Gasteiger partial charge in [0.15, 0.2) is 0 Å². The first-order valence-electron chi connectivity index (χ1n) is 7.13. The molecule has 0 spiro atoms. The Bertz CT molecular complexity index is 647. The van der Waals surface area contributed by atoms with Crippen LogP contribution in [0.5, 0.6) is 0 Å². The highest BCUT2D eigenvalue weighted by atomic mass is 32.1. The van der Waals surface area contributed by atoms with E-state index < -0.39 is 0 Å². The maximum absolute atomic E-state index is 12.1. The Morgan fingerprint density at radius 2 is 2.14 bits per heavy atom. The van der Waals surface area contributed by atoms with Gasteiger partial charge in [-0.2, -0.15) is 11.3 Å². The smallest absolute Gasteiger partial charge is 0.261 e. The molecule has 0 radical (unpaired) electrons. The predicted molar refractivity (Wildman–Crippen MR) is 91.6 cm³/mol. The van der Waals surface area contributed by atoms with Crippen molar-refractivity contribution >= 4 is 34.5 Å². The van der Waals surface area contributed by atoms with Crippen LogP contribution < -0.4 is 5.32 Å². The maximum Gasteiger partial charge on any atom is 0.261 e. The quantitative estimate of drug-likeness (QED) is 0.881. The normalized spacial score (nSPS) is 10.5. The third kappa shape index (κ3) is 4.18. The Morgan fingerprint density at radius 1 is 1.36 bits per heavy atom. The van der Waals surface area contributed by atoms with Gasteiger partial charge >= 0.3 is 0 Å². The van der Waals surface area contributed by atoms with E-state index in [0.29, 0.717) is 11.4 Å². The van der Waals surface area contributed by atoms with Crippen LogP contribution in [0.25, 0.3) is 0 Å². The SMILES string of the molecule is CCc1sc(C(=O)NCC(=O)N(C)Cc2ccsc2)cc1C. The molecule has 0 saturated carbocycles. The van der Waals surface area contributed by atoms with Crippen molar-refractivity contribution in [2.75, 3.05) is 13.6 Å². The molecule has 0 atom stereocenters. The van der Waals surface area contributed by atoms with Crippen molar-refractivity contribution in [2.24, 2.45) is 0 Å². The number of amides is 2. The number of rotatable bonds is 6. The first-order chi connectivity index (χ1) is 10.5. The van der Waals surface area contributed by atoms with Crippen LogP contribution in [0.1, 0.15) is 32.6 Å². The molecule has 0 aromatic carbocycles. The highest BCUT2D eigenvalue weighted by molar-refractivity contribution is 7.14. The summed E-state index contributed by atoms with van der Waals surface area (Å²) in [6.07, 6.45) is 0.923. The van der Waals surface area contributed by atoms with Gasteiger partial charge in [-0.25, -0.2) is 0 Å². The third-order valence-corrected chi connectivity index (χ3v) is 5.50. The van der Waals surface area contributed by atoms with Crippen molar-refractivity contribution in [2.45, 2.75) is 26.8 Å². The summed E-state index contributed by atoms with van der Waals surface area (Å²) in [5, 5.41) is 6.71. The van der Waals surface area contributed by atoms with E-state index in [-0.39, 0.29) is 18.4 Å². The average molecular weight is 336 g/mol. The number of hydrogen-bond acceptors (Lipinski definition) is 4. The monoisotopic (exact) mass is 336 g/mol. The summed E-state index contributed by atoms with van der Waals surface area (Å²) in [5.41, 5.74) is 2.24. The summed E-state index contributed by atoms with van der Waals surface area (Å²) in [5.74, 6) is -0.270. The molecule has 4 nitrogen and oxygen atoms in total. The topological polar surface area (TPSA) is 49.4 Å². The minimum absolute atomic E-state index is 0.0257. The van der Waals surface area contributed by atoms with Gasteiger partial charge in [0.25, 0.3) is 5.91 Å². The molecule has 22 heavy (non-hydrogen) atoms. The summed E-state index contributed by atoms with van der Waals surface area (Å²) in [4.78, 5) is 27.7. The number of thiophene rings is 2. The molecule has 0 saturated heterocycles. The molecule has 2 amide bonds. The van der Waals surface area contributed by atoms with Crippen molar-refractivity contribution in [3.63, 3.8) is 0 Å². The summed E-state index contributed by atoms with van der Waals surface area (Å²) < 4.78 is 0. The van der Waals surface area contributed by atoms with Crippen molar-refractivity contribution < 1.29 is 9.59 Å². The molecule has 1 N–H and O–H groups in total. The van der Waals surface area contributed by atoms with Crippen molar-refractivity contribution in [1.29, 1.82) is 0 Å². The fraction of sp³-hybridized carbons (Fsp3) is 0.375. The van der Waals surface area contributed by atoms with Gasteiger partial charge in [0, 0.05) is 18.5 Å². The number of likely N-dealkylation sites (N-methyl/N-ethyl adjacent to an activating group) is 1. The second-order valence-corrected chi connectivity index (χ2v) is 7.05. The lowest BCUT2D eigenvalue weighted by Crippen LogP contribution is -2.37. The van der Waals surface area contributed by atoms with Crippen LogP contribution in [0.4, 0.5) is 0 Å². The van der Waals surface area contributed by atoms with E-state index in [9.17, 15) is 9.59 Å². The van der Waals surface area contributed by atoms with E-state index in [0.717, 1.165) is 17.5 Å². The Balaban J connectivity index is 1.85. The minimum Gasteiger partial charge on any atom is -0.342 e. The number of nitrogens with zero attached hydrogens (tertiary/aromatic N) is 1. The van der Waals surface area contributed by atoms with E-state index in [1.807, 2.05) is 29.8 Å². The Morgan fingerprint density at radius 3 is 2.73 bits per heavy atom. The summed E-state index contributed by atoms with van der Waals surface area (Å²) >= 11 is 3.10. The van der Waals surface area contributed by atoms with Crippen LogP contribution in [0.3, 0.4) is 0 Å². The molecule has 118 valence electrons. The second-order valence-electron chi connectivity index (χ2n) is 5.13. The minimum atomic E-state index is -0.176. The highest BCUT2D eigenvalue weighted by Gasteiger charge is 2.14. The Hall–Kier alpha value is -1.66. The summed E-state index contributed by atoms with van der Waals surface area (Å²) in [6.45, 7) is 4.67. The molecule has 6 heteroatoms. The zero-order valence-corrected chi connectivity index (χ0v) is 14.6. The lowest BCUT2D eigenvalue weighted by Gasteiger charge is -2.16. The molecule has 0 aliphatic heterocycles.